The fourth-order valence-electron chi connectivity index (χ4n) is 0.871. The van der Waals surface area contributed by atoms with Gasteiger partial charge in [-0.05, 0) is 36.4 Å². The van der Waals surface area contributed by atoms with E-state index in [1.54, 1.807) is 13.8 Å². The zero-order valence-electron chi connectivity index (χ0n) is 6.41. The van der Waals surface area contributed by atoms with Crippen molar-refractivity contribution in [1.82, 2.24) is 9.78 Å². The zero-order valence-corrected chi connectivity index (χ0v) is 10.1. The molecule has 0 saturated heterocycles. The quantitative estimate of drug-likeness (QED) is 0.562. The predicted molar refractivity (Wildman–Crippen MR) is 53.5 cm³/mol. The molecule has 0 amide bonds. The van der Waals surface area contributed by atoms with Gasteiger partial charge in [-0.2, -0.15) is 18.6 Å². The molecule has 0 N–H and O–H groups in total. The summed E-state index contributed by atoms with van der Waals surface area (Å²) in [6, 6.07) is 0. The van der Waals surface area contributed by atoms with Gasteiger partial charge in [-0.15, -0.1) is 0 Å². The van der Waals surface area contributed by atoms with E-state index in [9.17, 15) is 8.78 Å². The van der Waals surface area contributed by atoms with Gasteiger partial charge in [-0.1, -0.05) is 0 Å². The highest BCUT2D eigenvalue weighted by Gasteiger charge is 2.30. The van der Waals surface area contributed by atoms with E-state index in [4.69, 9.17) is 0 Å². The van der Waals surface area contributed by atoms with Gasteiger partial charge in [0, 0.05) is 15.9 Å². The summed E-state index contributed by atoms with van der Waals surface area (Å²) in [6.45, 7) is 3.31. The molecule has 0 bridgehead atoms. The summed E-state index contributed by atoms with van der Waals surface area (Å²) in [5.74, 6) is 0. The number of hydrogen-bond donors (Lipinski definition) is 0. The van der Waals surface area contributed by atoms with Crippen LogP contribution in [0.15, 0.2) is 0 Å². The first-order valence-corrected chi connectivity index (χ1v) is 5.00. The lowest BCUT2D eigenvalue weighted by Gasteiger charge is -2.09. The lowest BCUT2D eigenvalue weighted by atomic mass is 10.4. The Bertz CT molecular complexity index is 305. The molecule has 1 rings (SSSR count). The summed E-state index contributed by atoms with van der Waals surface area (Å²) in [5.41, 5.74) is 1.09. The molecule has 68 valence electrons. The summed E-state index contributed by atoms with van der Waals surface area (Å²) in [5, 5.41) is 3.69. The lowest BCUT2D eigenvalue weighted by molar-refractivity contribution is 0.0176. The summed E-state index contributed by atoms with van der Waals surface area (Å²) < 4.78 is 26.9. The van der Waals surface area contributed by atoms with Crippen LogP contribution in [0.1, 0.15) is 11.4 Å². The Hall–Kier alpha value is 0.280. The van der Waals surface area contributed by atoms with Crippen LogP contribution in [0.3, 0.4) is 0 Å². The first kappa shape index (κ1) is 10.4. The van der Waals surface area contributed by atoms with E-state index >= 15 is 0 Å². The number of aryl methyl sites for hydroxylation is 1. The zero-order chi connectivity index (χ0) is 9.52. The normalized spacial score (nSPS) is 12.2. The molecular formula is C6H6BrF2IN2. The molecule has 0 fully saturated rings. The van der Waals surface area contributed by atoms with Crippen molar-refractivity contribution < 1.29 is 8.78 Å². The molecule has 0 aliphatic heterocycles. The van der Waals surface area contributed by atoms with Gasteiger partial charge < -0.3 is 0 Å². The molecule has 0 spiro atoms. The standard InChI is InChI=1S/C6H6BrF2IN2/c1-3-5(10)4(2)12(11-3)6(7,8)9/h1-2H3. The van der Waals surface area contributed by atoms with Crippen LogP contribution in [0.2, 0.25) is 0 Å². The molecule has 0 saturated carbocycles. The number of rotatable bonds is 1. The van der Waals surface area contributed by atoms with Crippen molar-refractivity contribution in [2.75, 3.05) is 0 Å². The van der Waals surface area contributed by atoms with Crippen LogP contribution in [0, 0.1) is 17.4 Å². The van der Waals surface area contributed by atoms with Crippen molar-refractivity contribution in [3.05, 3.63) is 15.0 Å². The smallest absolute Gasteiger partial charge is 0.195 e. The highest BCUT2D eigenvalue weighted by Crippen LogP contribution is 2.31. The van der Waals surface area contributed by atoms with Crippen LogP contribution >= 0.6 is 38.5 Å². The van der Waals surface area contributed by atoms with Crippen LogP contribution in [0.5, 0.6) is 0 Å². The monoisotopic (exact) mass is 350 g/mol. The van der Waals surface area contributed by atoms with Gasteiger partial charge in [0.1, 0.15) is 0 Å². The first-order chi connectivity index (χ1) is 5.34. The van der Waals surface area contributed by atoms with Gasteiger partial charge in [0.25, 0.3) is 0 Å². The van der Waals surface area contributed by atoms with Crippen LogP contribution in [0.25, 0.3) is 0 Å². The van der Waals surface area contributed by atoms with Crippen LogP contribution in [0.4, 0.5) is 8.78 Å². The van der Waals surface area contributed by atoms with E-state index in [1.165, 1.54) is 0 Å². The van der Waals surface area contributed by atoms with Crippen molar-refractivity contribution in [1.29, 1.82) is 0 Å². The molecule has 0 aliphatic rings. The van der Waals surface area contributed by atoms with E-state index in [0.29, 0.717) is 16.1 Å². The molecule has 0 atom stereocenters. The molecular weight excluding hydrogens is 345 g/mol. The third kappa shape index (κ3) is 1.78. The Balaban J connectivity index is 3.28. The van der Waals surface area contributed by atoms with Crippen molar-refractivity contribution in [2.45, 2.75) is 18.8 Å². The number of alkyl halides is 3. The van der Waals surface area contributed by atoms with Gasteiger partial charge in [0.2, 0.25) is 0 Å². The van der Waals surface area contributed by atoms with Gasteiger partial charge in [-0.25, -0.2) is 0 Å². The topological polar surface area (TPSA) is 17.8 Å². The number of nitrogens with zero attached hydrogens (tertiary/aromatic N) is 2. The van der Waals surface area contributed by atoms with Crippen molar-refractivity contribution >= 4 is 38.5 Å². The third-order valence-electron chi connectivity index (χ3n) is 1.44. The Morgan fingerprint density at radius 2 is 2.00 bits per heavy atom. The number of halogens is 4. The molecule has 1 aromatic heterocycles. The summed E-state index contributed by atoms with van der Waals surface area (Å²) >= 11 is 4.24. The lowest BCUT2D eigenvalue weighted by Crippen LogP contribution is -2.17. The van der Waals surface area contributed by atoms with E-state index in [1.807, 2.05) is 22.6 Å². The van der Waals surface area contributed by atoms with E-state index in [0.717, 1.165) is 3.57 Å². The Morgan fingerprint density at radius 1 is 1.50 bits per heavy atom. The van der Waals surface area contributed by atoms with Crippen LogP contribution in [-0.2, 0) is 4.96 Å². The van der Waals surface area contributed by atoms with Crippen molar-refractivity contribution in [2.24, 2.45) is 0 Å². The average molecular weight is 351 g/mol. The van der Waals surface area contributed by atoms with Crippen LogP contribution < -0.4 is 0 Å². The van der Waals surface area contributed by atoms with Gasteiger partial charge in [0.15, 0.2) is 0 Å². The van der Waals surface area contributed by atoms with Crippen LogP contribution in [-0.4, -0.2) is 9.78 Å². The Morgan fingerprint density at radius 3 is 2.17 bits per heavy atom. The summed E-state index contributed by atoms with van der Waals surface area (Å²) in [4.78, 5) is -3.09. The van der Waals surface area contributed by atoms with E-state index in [2.05, 4.69) is 21.0 Å². The predicted octanol–water partition coefficient (Wildman–Crippen LogP) is 3.01. The number of hydrogen-bond acceptors (Lipinski definition) is 1. The Kier molecular flexibility index (Phi) is 2.77. The third-order valence-corrected chi connectivity index (χ3v) is 3.34. The molecule has 0 aliphatic carbocycles. The summed E-state index contributed by atoms with van der Waals surface area (Å²) in [7, 11) is 0. The molecule has 1 heterocycles. The van der Waals surface area contributed by atoms with Crippen molar-refractivity contribution in [3.63, 3.8) is 0 Å². The van der Waals surface area contributed by atoms with Gasteiger partial charge in [-0.3, -0.25) is 0 Å². The molecule has 6 heteroatoms. The largest absolute Gasteiger partial charge is 0.401 e. The van der Waals surface area contributed by atoms with Gasteiger partial charge in [0.05, 0.1) is 15.0 Å². The Labute approximate surface area is 90.6 Å². The number of aromatic nitrogens is 2. The molecule has 0 aromatic carbocycles. The minimum Gasteiger partial charge on any atom is -0.195 e. The highest BCUT2D eigenvalue weighted by atomic mass is 127. The maximum absolute atomic E-state index is 12.7. The second-order valence-corrected chi connectivity index (χ2v) is 4.40. The fourth-order valence-corrected chi connectivity index (χ4v) is 1.55. The summed E-state index contributed by atoms with van der Waals surface area (Å²) in [6.07, 6.45) is 0. The average Bonchev–Trinajstić information content (AvgIpc) is 2.15. The van der Waals surface area contributed by atoms with E-state index in [-0.39, 0.29) is 0 Å². The second kappa shape index (κ2) is 3.21. The SMILES string of the molecule is Cc1nn(C(F)(F)Br)c(C)c1I. The maximum Gasteiger partial charge on any atom is 0.401 e. The van der Waals surface area contributed by atoms with Crippen molar-refractivity contribution in [3.8, 4) is 0 Å². The maximum atomic E-state index is 12.7. The minimum absolute atomic E-state index is 0.468. The van der Waals surface area contributed by atoms with E-state index < -0.39 is 4.96 Å². The molecule has 1 aromatic rings. The first-order valence-electron chi connectivity index (χ1n) is 3.13. The fraction of sp³-hybridized carbons (Fsp3) is 0.500. The minimum atomic E-state index is -3.09. The second-order valence-electron chi connectivity index (χ2n) is 2.36. The molecule has 0 radical (unpaired) electrons. The van der Waals surface area contributed by atoms with Gasteiger partial charge >= 0.3 is 4.96 Å². The molecule has 12 heavy (non-hydrogen) atoms. The molecule has 2 nitrogen and oxygen atoms in total. The molecule has 0 unspecified atom stereocenters. The highest BCUT2D eigenvalue weighted by molar-refractivity contribution is 14.1.